The summed E-state index contributed by atoms with van der Waals surface area (Å²) in [4.78, 5) is 0. The maximum Gasteiger partial charge on any atom is 0.0545 e. The van der Waals surface area contributed by atoms with Gasteiger partial charge in [-0.2, -0.15) is 0 Å². The molecule has 1 aliphatic rings. The van der Waals surface area contributed by atoms with Crippen molar-refractivity contribution in [1.82, 2.24) is 0 Å². The summed E-state index contributed by atoms with van der Waals surface area (Å²) in [5.41, 5.74) is 0.359. The van der Waals surface area contributed by atoms with Crippen LogP contribution in [-0.2, 0) is 0 Å². The predicted molar refractivity (Wildman–Crippen MR) is 42.8 cm³/mol. The van der Waals surface area contributed by atoms with Crippen LogP contribution in [0.2, 0.25) is 0 Å². The molecule has 0 bridgehead atoms. The average Bonchev–Trinajstić information content (AvgIpc) is 1.78. The first-order valence-electron chi connectivity index (χ1n) is 4.20. The van der Waals surface area contributed by atoms with E-state index in [1.807, 2.05) is 0 Å². The van der Waals surface area contributed by atoms with Crippen molar-refractivity contribution in [2.75, 3.05) is 0 Å². The van der Waals surface area contributed by atoms with Crippen LogP contribution in [0.1, 0.15) is 40.0 Å². The van der Waals surface area contributed by atoms with E-state index in [1.54, 1.807) is 0 Å². The molecule has 0 aromatic heterocycles. The van der Waals surface area contributed by atoms with Crippen LogP contribution in [0.25, 0.3) is 0 Å². The number of hydrogen-bond donors (Lipinski definition) is 1. The van der Waals surface area contributed by atoms with Gasteiger partial charge in [0.15, 0.2) is 0 Å². The monoisotopic (exact) mass is 142 g/mol. The van der Waals surface area contributed by atoms with Gasteiger partial charge in [0.2, 0.25) is 0 Å². The Hall–Kier alpha value is -0.0400. The van der Waals surface area contributed by atoms with Gasteiger partial charge < -0.3 is 5.11 Å². The second kappa shape index (κ2) is 2.54. The summed E-state index contributed by atoms with van der Waals surface area (Å²) in [6, 6.07) is 0. The van der Waals surface area contributed by atoms with Gasteiger partial charge in [0.1, 0.15) is 0 Å². The Morgan fingerprint density at radius 1 is 1.30 bits per heavy atom. The minimum Gasteiger partial charge on any atom is -0.393 e. The largest absolute Gasteiger partial charge is 0.393 e. The van der Waals surface area contributed by atoms with Crippen molar-refractivity contribution in [2.45, 2.75) is 46.1 Å². The molecule has 0 heterocycles. The Morgan fingerprint density at radius 3 is 2.30 bits per heavy atom. The Kier molecular flexibility index (Phi) is 2.04. The molecule has 2 atom stereocenters. The lowest BCUT2D eigenvalue weighted by atomic mass is 9.69. The molecule has 0 radical (unpaired) electrons. The first-order valence-corrected chi connectivity index (χ1v) is 4.20. The fraction of sp³-hybridized carbons (Fsp3) is 1.00. The van der Waals surface area contributed by atoms with Gasteiger partial charge in [-0.15, -0.1) is 0 Å². The molecule has 0 aromatic carbocycles. The topological polar surface area (TPSA) is 20.2 Å². The molecule has 0 aliphatic heterocycles. The summed E-state index contributed by atoms with van der Waals surface area (Å²) in [6.07, 6.45) is 3.14. The molecule has 1 N–H and O–H groups in total. The van der Waals surface area contributed by atoms with Crippen molar-refractivity contribution in [3.05, 3.63) is 0 Å². The molecule has 0 saturated heterocycles. The zero-order chi connectivity index (χ0) is 7.78. The Labute approximate surface area is 63.4 Å². The Morgan fingerprint density at radius 2 is 1.90 bits per heavy atom. The second-order valence-corrected chi connectivity index (χ2v) is 4.32. The van der Waals surface area contributed by atoms with Crippen LogP contribution in [0.3, 0.4) is 0 Å². The van der Waals surface area contributed by atoms with Crippen molar-refractivity contribution in [3.8, 4) is 0 Å². The predicted octanol–water partition coefficient (Wildman–Crippen LogP) is 2.19. The van der Waals surface area contributed by atoms with Crippen LogP contribution >= 0.6 is 0 Å². The van der Waals surface area contributed by atoms with E-state index >= 15 is 0 Å². The number of rotatable bonds is 0. The van der Waals surface area contributed by atoms with Crippen molar-refractivity contribution >= 4 is 0 Å². The van der Waals surface area contributed by atoms with Gasteiger partial charge in [-0.05, 0) is 30.6 Å². The molecule has 0 amide bonds. The molecule has 0 spiro atoms. The van der Waals surface area contributed by atoms with Gasteiger partial charge in [-0.1, -0.05) is 20.8 Å². The second-order valence-electron chi connectivity index (χ2n) is 4.32. The summed E-state index contributed by atoms with van der Waals surface area (Å²) in [5, 5.41) is 9.36. The van der Waals surface area contributed by atoms with Crippen molar-refractivity contribution in [1.29, 1.82) is 0 Å². The third-order valence-electron chi connectivity index (χ3n) is 3.03. The smallest absolute Gasteiger partial charge is 0.0545 e. The highest BCUT2D eigenvalue weighted by Gasteiger charge is 2.32. The standard InChI is InChI=1S/C9H18O/c1-7-4-5-8(10)6-9(7,2)3/h7-8,10H,4-6H2,1-3H3. The van der Waals surface area contributed by atoms with Crippen LogP contribution in [-0.4, -0.2) is 11.2 Å². The molecular weight excluding hydrogens is 124 g/mol. The van der Waals surface area contributed by atoms with Crippen molar-refractivity contribution in [2.24, 2.45) is 11.3 Å². The zero-order valence-corrected chi connectivity index (χ0v) is 7.22. The third kappa shape index (κ3) is 1.51. The summed E-state index contributed by atoms with van der Waals surface area (Å²) < 4.78 is 0. The lowest BCUT2D eigenvalue weighted by molar-refractivity contribution is 0.0300. The van der Waals surface area contributed by atoms with Gasteiger partial charge in [0.25, 0.3) is 0 Å². The summed E-state index contributed by atoms with van der Waals surface area (Å²) in [7, 11) is 0. The Bertz CT molecular complexity index is 118. The number of aliphatic hydroxyl groups excluding tert-OH is 1. The van der Waals surface area contributed by atoms with Crippen LogP contribution in [0.4, 0.5) is 0 Å². The highest BCUT2D eigenvalue weighted by Crippen LogP contribution is 2.39. The molecule has 1 rings (SSSR count). The Balaban J connectivity index is 2.55. The first-order chi connectivity index (χ1) is 4.52. The van der Waals surface area contributed by atoms with Gasteiger partial charge >= 0.3 is 0 Å². The molecule has 2 unspecified atom stereocenters. The van der Waals surface area contributed by atoms with E-state index in [1.165, 1.54) is 6.42 Å². The zero-order valence-electron chi connectivity index (χ0n) is 7.22. The summed E-state index contributed by atoms with van der Waals surface area (Å²) in [6.45, 7) is 6.78. The lowest BCUT2D eigenvalue weighted by Crippen LogP contribution is -2.32. The van der Waals surface area contributed by atoms with Crippen LogP contribution in [0.5, 0.6) is 0 Å². The van der Waals surface area contributed by atoms with Crippen molar-refractivity contribution < 1.29 is 5.11 Å². The van der Waals surface area contributed by atoms with Crippen LogP contribution in [0, 0.1) is 11.3 Å². The van der Waals surface area contributed by atoms with E-state index in [4.69, 9.17) is 0 Å². The van der Waals surface area contributed by atoms with E-state index in [0.717, 1.165) is 18.8 Å². The third-order valence-corrected chi connectivity index (χ3v) is 3.03. The molecule has 1 nitrogen and oxygen atoms in total. The fourth-order valence-corrected chi connectivity index (χ4v) is 1.74. The van der Waals surface area contributed by atoms with Gasteiger partial charge in [0, 0.05) is 0 Å². The normalized spacial score (nSPS) is 39.6. The molecule has 60 valence electrons. The van der Waals surface area contributed by atoms with Gasteiger partial charge in [-0.3, -0.25) is 0 Å². The van der Waals surface area contributed by atoms with Crippen molar-refractivity contribution in [3.63, 3.8) is 0 Å². The average molecular weight is 142 g/mol. The molecular formula is C9H18O. The van der Waals surface area contributed by atoms with E-state index in [9.17, 15) is 5.11 Å². The van der Waals surface area contributed by atoms with E-state index < -0.39 is 0 Å². The van der Waals surface area contributed by atoms with Gasteiger partial charge in [0.05, 0.1) is 6.10 Å². The van der Waals surface area contributed by atoms with E-state index in [0.29, 0.717) is 5.41 Å². The molecule has 10 heavy (non-hydrogen) atoms. The van der Waals surface area contributed by atoms with E-state index in [2.05, 4.69) is 20.8 Å². The summed E-state index contributed by atoms with van der Waals surface area (Å²) >= 11 is 0. The molecule has 1 heteroatoms. The fourth-order valence-electron chi connectivity index (χ4n) is 1.74. The quantitative estimate of drug-likeness (QED) is 0.549. The maximum atomic E-state index is 9.36. The molecule has 1 saturated carbocycles. The molecule has 0 aromatic rings. The molecule has 1 fully saturated rings. The highest BCUT2D eigenvalue weighted by atomic mass is 16.3. The SMILES string of the molecule is CC1CCC(O)CC1(C)C. The first kappa shape index (κ1) is 8.06. The van der Waals surface area contributed by atoms with Gasteiger partial charge in [-0.25, -0.2) is 0 Å². The van der Waals surface area contributed by atoms with Crippen LogP contribution in [0.15, 0.2) is 0 Å². The number of aliphatic hydroxyl groups is 1. The minimum absolute atomic E-state index is 0.0359. The minimum atomic E-state index is -0.0359. The summed E-state index contributed by atoms with van der Waals surface area (Å²) in [5.74, 6) is 0.774. The molecule has 1 aliphatic carbocycles. The highest BCUT2D eigenvalue weighted by molar-refractivity contribution is 4.83. The lowest BCUT2D eigenvalue weighted by Gasteiger charge is -2.38. The van der Waals surface area contributed by atoms with E-state index in [-0.39, 0.29) is 6.10 Å². The maximum absolute atomic E-state index is 9.36. The number of hydrogen-bond acceptors (Lipinski definition) is 1. The van der Waals surface area contributed by atoms with Crippen LogP contribution < -0.4 is 0 Å².